The standard InChI is InChI=1S/C14H25N3O/c1-4-7-15-11-13-6-8-16-12-14(13)18-10-5-9-17(2)3/h6,8,12,15H,4-5,7,9-11H2,1-3H3. The van der Waals surface area contributed by atoms with Crippen molar-refractivity contribution in [2.75, 3.05) is 33.8 Å². The Morgan fingerprint density at radius 2 is 2.22 bits per heavy atom. The minimum atomic E-state index is 0.741. The van der Waals surface area contributed by atoms with Crippen LogP contribution in [0.1, 0.15) is 25.3 Å². The maximum Gasteiger partial charge on any atom is 0.142 e. The van der Waals surface area contributed by atoms with E-state index in [9.17, 15) is 0 Å². The minimum absolute atomic E-state index is 0.741. The summed E-state index contributed by atoms with van der Waals surface area (Å²) in [6, 6.07) is 2.02. The van der Waals surface area contributed by atoms with Gasteiger partial charge in [0.25, 0.3) is 0 Å². The third kappa shape index (κ3) is 5.98. The number of nitrogens with one attached hydrogen (secondary N) is 1. The van der Waals surface area contributed by atoms with Gasteiger partial charge in [0, 0.05) is 24.8 Å². The normalized spacial score (nSPS) is 10.9. The van der Waals surface area contributed by atoms with Crippen molar-refractivity contribution in [2.45, 2.75) is 26.3 Å². The Hall–Kier alpha value is -1.13. The van der Waals surface area contributed by atoms with Crippen LogP contribution in [0.15, 0.2) is 18.5 Å². The van der Waals surface area contributed by atoms with Gasteiger partial charge in [0.1, 0.15) is 5.75 Å². The van der Waals surface area contributed by atoms with Gasteiger partial charge in [-0.15, -0.1) is 0 Å². The van der Waals surface area contributed by atoms with Gasteiger partial charge in [-0.25, -0.2) is 0 Å². The second kappa shape index (κ2) is 8.89. The summed E-state index contributed by atoms with van der Waals surface area (Å²) in [5.74, 6) is 0.903. The largest absolute Gasteiger partial charge is 0.492 e. The Bertz CT molecular complexity index is 329. The molecule has 0 fully saturated rings. The summed E-state index contributed by atoms with van der Waals surface area (Å²) in [4.78, 5) is 6.29. The van der Waals surface area contributed by atoms with Crippen LogP contribution in [0, 0.1) is 0 Å². The third-order valence-corrected chi connectivity index (χ3v) is 2.62. The molecule has 1 N–H and O–H groups in total. The zero-order chi connectivity index (χ0) is 13.2. The monoisotopic (exact) mass is 251 g/mol. The molecule has 4 heteroatoms. The van der Waals surface area contributed by atoms with Crippen LogP contribution >= 0.6 is 0 Å². The van der Waals surface area contributed by atoms with Crippen molar-refractivity contribution >= 4 is 0 Å². The van der Waals surface area contributed by atoms with Crippen molar-refractivity contribution < 1.29 is 4.74 Å². The highest BCUT2D eigenvalue weighted by Crippen LogP contribution is 2.16. The van der Waals surface area contributed by atoms with E-state index in [4.69, 9.17) is 4.74 Å². The molecule has 0 unspecified atom stereocenters. The lowest BCUT2D eigenvalue weighted by Gasteiger charge is -2.13. The van der Waals surface area contributed by atoms with E-state index < -0.39 is 0 Å². The molecule has 0 saturated heterocycles. The summed E-state index contributed by atoms with van der Waals surface area (Å²) >= 11 is 0. The Morgan fingerprint density at radius 3 is 2.94 bits per heavy atom. The fourth-order valence-electron chi connectivity index (χ4n) is 1.65. The van der Waals surface area contributed by atoms with Gasteiger partial charge in [-0.3, -0.25) is 4.98 Å². The number of ether oxygens (including phenoxy) is 1. The lowest BCUT2D eigenvalue weighted by atomic mass is 10.2. The zero-order valence-electron chi connectivity index (χ0n) is 11.8. The molecule has 0 radical (unpaired) electrons. The second-order valence-corrected chi connectivity index (χ2v) is 4.67. The maximum atomic E-state index is 5.79. The van der Waals surface area contributed by atoms with Crippen LogP contribution in [-0.4, -0.2) is 43.7 Å². The molecule has 18 heavy (non-hydrogen) atoms. The Morgan fingerprint density at radius 1 is 1.39 bits per heavy atom. The maximum absolute atomic E-state index is 5.79. The molecule has 0 aliphatic rings. The minimum Gasteiger partial charge on any atom is -0.492 e. The van der Waals surface area contributed by atoms with Crippen LogP contribution in [0.5, 0.6) is 5.75 Å². The Kier molecular flexibility index (Phi) is 7.37. The van der Waals surface area contributed by atoms with Gasteiger partial charge in [-0.2, -0.15) is 0 Å². The highest BCUT2D eigenvalue weighted by molar-refractivity contribution is 5.29. The molecule has 1 rings (SSSR count). The predicted molar refractivity (Wildman–Crippen MR) is 74.9 cm³/mol. The first kappa shape index (κ1) is 14.9. The number of pyridine rings is 1. The Balaban J connectivity index is 2.38. The quantitative estimate of drug-likeness (QED) is 0.680. The topological polar surface area (TPSA) is 37.4 Å². The fraction of sp³-hybridized carbons (Fsp3) is 0.643. The molecule has 4 nitrogen and oxygen atoms in total. The molecular formula is C14H25N3O. The third-order valence-electron chi connectivity index (χ3n) is 2.62. The van der Waals surface area contributed by atoms with E-state index in [0.29, 0.717) is 0 Å². The summed E-state index contributed by atoms with van der Waals surface area (Å²) in [7, 11) is 4.15. The van der Waals surface area contributed by atoms with E-state index in [1.807, 2.05) is 12.3 Å². The van der Waals surface area contributed by atoms with Crippen LogP contribution < -0.4 is 10.1 Å². The van der Waals surface area contributed by atoms with Crippen molar-refractivity contribution in [1.29, 1.82) is 0 Å². The molecule has 1 heterocycles. The van der Waals surface area contributed by atoms with Gasteiger partial charge in [0.2, 0.25) is 0 Å². The first-order valence-corrected chi connectivity index (χ1v) is 6.65. The summed E-state index contributed by atoms with van der Waals surface area (Å²) in [6.07, 6.45) is 5.79. The average molecular weight is 251 g/mol. The van der Waals surface area contributed by atoms with Crippen LogP contribution in [0.25, 0.3) is 0 Å². The molecule has 0 saturated carbocycles. The van der Waals surface area contributed by atoms with E-state index in [2.05, 4.69) is 36.2 Å². The van der Waals surface area contributed by atoms with E-state index in [-0.39, 0.29) is 0 Å². The summed E-state index contributed by atoms with van der Waals surface area (Å²) in [5.41, 5.74) is 1.18. The first-order valence-electron chi connectivity index (χ1n) is 6.65. The molecule has 102 valence electrons. The molecule has 0 bridgehead atoms. The zero-order valence-corrected chi connectivity index (χ0v) is 11.8. The van der Waals surface area contributed by atoms with Gasteiger partial charge in [-0.05, 0) is 39.5 Å². The number of hydrogen-bond acceptors (Lipinski definition) is 4. The van der Waals surface area contributed by atoms with Crippen LogP contribution in [0.4, 0.5) is 0 Å². The van der Waals surface area contributed by atoms with Gasteiger partial charge in [-0.1, -0.05) is 6.92 Å². The average Bonchev–Trinajstić information content (AvgIpc) is 2.36. The van der Waals surface area contributed by atoms with E-state index in [1.165, 1.54) is 5.56 Å². The number of hydrogen-bond donors (Lipinski definition) is 1. The van der Waals surface area contributed by atoms with Crippen molar-refractivity contribution in [1.82, 2.24) is 15.2 Å². The summed E-state index contributed by atoms with van der Waals surface area (Å²) in [6.45, 7) is 5.83. The van der Waals surface area contributed by atoms with Gasteiger partial charge in [0.05, 0.1) is 12.8 Å². The van der Waals surface area contributed by atoms with Crippen LogP contribution in [0.3, 0.4) is 0 Å². The second-order valence-electron chi connectivity index (χ2n) is 4.67. The smallest absolute Gasteiger partial charge is 0.142 e. The summed E-state index contributed by atoms with van der Waals surface area (Å²) < 4.78 is 5.79. The fourth-order valence-corrected chi connectivity index (χ4v) is 1.65. The van der Waals surface area contributed by atoms with Crippen molar-refractivity contribution in [3.63, 3.8) is 0 Å². The van der Waals surface area contributed by atoms with Gasteiger partial charge >= 0.3 is 0 Å². The highest BCUT2D eigenvalue weighted by Gasteiger charge is 2.03. The molecule has 0 aromatic carbocycles. The Labute approximate surface area is 110 Å². The van der Waals surface area contributed by atoms with E-state index in [0.717, 1.165) is 44.8 Å². The molecule has 0 amide bonds. The molecule has 0 aliphatic heterocycles. The molecule has 1 aromatic heterocycles. The summed E-state index contributed by atoms with van der Waals surface area (Å²) in [5, 5.41) is 3.38. The van der Waals surface area contributed by atoms with Crippen molar-refractivity contribution in [2.24, 2.45) is 0 Å². The van der Waals surface area contributed by atoms with Crippen LogP contribution in [-0.2, 0) is 6.54 Å². The molecule has 0 spiro atoms. The molecule has 0 aliphatic carbocycles. The van der Waals surface area contributed by atoms with Crippen molar-refractivity contribution in [3.05, 3.63) is 24.0 Å². The van der Waals surface area contributed by atoms with Crippen molar-refractivity contribution in [3.8, 4) is 5.75 Å². The van der Waals surface area contributed by atoms with E-state index >= 15 is 0 Å². The molecule has 0 atom stereocenters. The lowest BCUT2D eigenvalue weighted by Crippen LogP contribution is -2.17. The number of rotatable bonds is 9. The predicted octanol–water partition coefficient (Wildman–Crippen LogP) is 1.91. The lowest BCUT2D eigenvalue weighted by molar-refractivity contribution is 0.278. The SMILES string of the molecule is CCCNCc1ccncc1OCCCN(C)C. The van der Waals surface area contributed by atoms with E-state index in [1.54, 1.807) is 6.20 Å². The number of aromatic nitrogens is 1. The van der Waals surface area contributed by atoms with Crippen LogP contribution in [0.2, 0.25) is 0 Å². The van der Waals surface area contributed by atoms with Gasteiger partial charge in [0.15, 0.2) is 0 Å². The number of nitrogens with zero attached hydrogens (tertiary/aromatic N) is 2. The molecular weight excluding hydrogens is 226 g/mol. The van der Waals surface area contributed by atoms with Gasteiger partial charge < -0.3 is 15.0 Å². The molecule has 1 aromatic rings. The first-order chi connectivity index (χ1) is 8.74. The highest BCUT2D eigenvalue weighted by atomic mass is 16.5.